The summed E-state index contributed by atoms with van der Waals surface area (Å²) in [6.45, 7) is 4.09. The van der Waals surface area contributed by atoms with Gasteiger partial charge in [-0.3, -0.25) is 4.79 Å². The Morgan fingerprint density at radius 1 is 1.00 bits per heavy atom. The molecule has 3 rings (SSSR count). The Morgan fingerprint density at radius 3 is 2.36 bits per heavy atom. The lowest BCUT2D eigenvalue weighted by Crippen LogP contribution is -2.16. The minimum atomic E-state index is -4.52. The lowest BCUT2D eigenvalue weighted by Gasteiger charge is -2.19. The summed E-state index contributed by atoms with van der Waals surface area (Å²) in [5.41, 5.74) is 1.81. The molecule has 0 amide bonds. The number of aliphatic carboxylic acids is 1. The highest BCUT2D eigenvalue weighted by molar-refractivity contribution is 5.71. The minimum absolute atomic E-state index is 0.0614. The number of carbonyl (C=O) groups is 1. The van der Waals surface area contributed by atoms with E-state index < -0.39 is 23.5 Å². The molecule has 0 bridgehead atoms. The van der Waals surface area contributed by atoms with E-state index in [0.717, 1.165) is 29.7 Å². The average molecular weight is 505 g/mol. The molecule has 36 heavy (non-hydrogen) atoms. The molecule has 1 N–H and O–H groups in total. The maximum atomic E-state index is 13.4. The minimum Gasteiger partial charge on any atom is -0.493 e. The molecule has 0 spiro atoms. The standard InChI is InChI=1S/C28H28F4O4/c1-3-19-16-24(11-6-20(19)7-13-27(33)34)35-15-14-18(2)36-26-12-8-22(28(30,31)32)17-25(26)21-4-9-23(29)10-5-21/h4-6,8-12,16-18H,3,7,13-15H2,1-2H3,(H,33,34)/t18-/m1/s1. The van der Waals surface area contributed by atoms with Crippen LogP contribution in [0.5, 0.6) is 11.5 Å². The Balaban J connectivity index is 1.67. The van der Waals surface area contributed by atoms with Crippen molar-refractivity contribution in [3.05, 3.63) is 83.2 Å². The molecule has 0 aromatic heterocycles. The largest absolute Gasteiger partial charge is 0.493 e. The van der Waals surface area contributed by atoms with Crippen LogP contribution < -0.4 is 9.47 Å². The molecule has 4 nitrogen and oxygen atoms in total. The van der Waals surface area contributed by atoms with Gasteiger partial charge in [0, 0.05) is 18.4 Å². The summed E-state index contributed by atoms with van der Waals surface area (Å²) in [6.07, 6.45) is -3.18. The second kappa shape index (κ2) is 11.9. The van der Waals surface area contributed by atoms with Gasteiger partial charge >= 0.3 is 12.1 Å². The van der Waals surface area contributed by atoms with Crippen LogP contribution in [0.1, 0.15) is 43.4 Å². The van der Waals surface area contributed by atoms with Crippen LogP contribution in [0.15, 0.2) is 60.7 Å². The lowest BCUT2D eigenvalue weighted by molar-refractivity contribution is -0.138. The fourth-order valence-electron chi connectivity index (χ4n) is 3.79. The van der Waals surface area contributed by atoms with Gasteiger partial charge in [-0.25, -0.2) is 4.39 Å². The van der Waals surface area contributed by atoms with Crippen molar-refractivity contribution < 1.29 is 36.9 Å². The molecular weight excluding hydrogens is 476 g/mol. The van der Waals surface area contributed by atoms with Crippen LogP contribution in [0.2, 0.25) is 0 Å². The maximum Gasteiger partial charge on any atom is 0.416 e. The van der Waals surface area contributed by atoms with E-state index in [1.807, 2.05) is 19.1 Å². The lowest BCUT2D eigenvalue weighted by atomic mass is 10.0. The smallest absolute Gasteiger partial charge is 0.416 e. The highest BCUT2D eigenvalue weighted by Crippen LogP contribution is 2.38. The second-order valence-electron chi connectivity index (χ2n) is 8.46. The summed E-state index contributed by atoms with van der Waals surface area (Å²) in [7, 11) is 0. The third-order valence-corrected chi connectivity index (χ3v) is 5.75. The first-order valence-electron chi connectivity index (χ1n) is 11.7. The summed E-state index contributed by atoms with van der Waals surface area (Å²) in [5.74, 6) is -0.417. The Kier molecular flexibility index (Phi) is 8.96. The predicted molar refractivity (Wildman–Crippen MR) is 129 cm³/mol. The molecule has 0 aliphatic carbocycles. The molecule has 3 aromatic carbocycles. The molecule has 1 atom stereocenters. The molecule has 3 aromatic rings. The number of alkyl halides is 3. The van der Waals surface area contributed by atoms with Crippen molar-refractivity contribution in [1.29, 1.82) is 0 Å². The summed E-state index contributed by atoms with van der Waals surface area (Å²) < 4.78 is 65.0. The maximum absolute atomic E-state index is 13.4. The first-order chi connectivity index (χ1) is 17.1. The molecule has 0 saturated carbocycles. The first kappa shape index (κ1) is 27.0. The van der Waals surface area contributed by atoms with Crippen LogP contribution in [-0.2, 0) is 23.8 Å². The molecule has 0 heterocycles. The quantitative estimate of drug-likeness (QED) is 0.278. The average Bonchev–Trinajstić information content (AvgIpc) is 2.83. The zero-order chi connectivity index (χ0) is 26.3. The SMILES string of the molecule is CCc1cc(OCC[C@@H](C)Oc2ccc(C(F)(F)F)cc2-c2ccc(F)cc2)ccc1CCC(=O)O. The van der Waals surface area contributed by atoms with E-state index in [2.05, 4.69) is 0 Å². The number of carboxylic acid groups (broad SMARTS) is 1. The third kappa shape index (κ3) is 7.47. The highest BCUT2D eigenvalue weighted by Gasteiger charge is 2.31. The number of carboxylic acids is 1. The number of halogens is 4. The number of hydrogen-bond donors (Lipinski definition) is 1. The van der Waals surface area contributed by atoms with Gasteiger partial charge in [0.15, 0.2) is 0 Å². The fraction of sp³-hybridized carbons (Fsp3) is 0.321. The molecule has 8 heteroatoms. The highest BCUT2D eigenvalue weighted by atomic mass is 19.4. The second-order valence-corrected chi connectivity index (χ2v) is 8.46. The van der Waals surface area contributed by atoms with Crippen LogP contribution in [0.25, 0.3) is 11.1 Å². The number of rotatable bonds is 11. The zero-order valence-electron chi connectivity index (χ0n) is 20.1. The molecule has 0 saturated heterocycles. The predicted octanol–water partition coefficient (Wildman–Crippen LogP) is 7.33. The molecule has 0 radical (unpaired) electrons. The monoisotopic (exact) mass is 504 g/mol. The van der Waals surface area contributed by atoms with E-state index in [-0.39, 0.29) is 23.8 Å². The third-order valence-electron chi connectivity index (χ3n) is 5.75. The van der Waals surface area contributed by atoms with Gasteiger partial charge in [-0.2, -0.15) is 13.2 Å². The van der Waals surface area contributed by atoms with Crippen LogP contribution in [-0.4, -0.2) is 23.8 Å². The zero-order valence-corrected chi connectivity index (χ0v) is 20.1. The normalized spacial score (nSPS) is 12.3. The van der Waals surface area contributed by atoms with Crippen LogP contribution in [0.4, 0.5) is 17.6 Å². The van der Waals surface area contributed by atoms with Crippen molar-refractivity contribution in [1.82, 2.24) is 0 Å². The van der Waals surface area contributed by atoms with Gasteiger partial charge in [0.2, 0.25) is 0 Å². The van der Waals surface area contributed by atoms with Crippen molar-refractivity contribution in [2.45, 2.75) is 51.8 Å². The van der Waals surface area contributed by atoms with Gasteiger partial charge in [-0.05, 0) is 78.9 Å². The van der Waals surface area contributed by atoms with E-state index >= 15 is 0 Å². The van der Waals surface area contributed by atoms with Crippen LogP contribution in [0.3, 0.4) is 0 Å². The molecule has 0 fully saturated rings. The molecular formula is C28H28F4O4. The van der Waals surface area contributed by atoms with Gasteiger partial charge in [0.05, 0.1) is 18.3 Å². The van der Waals surface area contributed by atoms with Gasteiger partial charge in [-0.15, -0.1) is 0 Å². The van der Waals surface area contributed by atoms with E-state index in [1.165, 1.54) is 30.3 Å². The van der Waals surface area contributed by atoms with E-state index in [1.54, 1.807) is 13.0 Å². The molecule has 0 unspecified atom stereocenters. The van der Waals surface area contributed by atoms with Gasteiger partial charge in [0.25, 0.3) is 0 Å². The van der Waals surface area contributed by atoms with Gasteiger partial charge in [0.1, 0.15) is 17.3 Å². The number of benzene rings is 3. The van der Waals surface area contributed by atoms with Gasteiger partial charge in [-0.1, -0.05) is 25.1 Å². The van der Waals surface area contributed by atoms with E-state index in [9.17, 15) is 22.4 Å². The fourth-order valence-corrected chi connectivity index (χ4v) is 3.79. The van der Waals surface area contributed by atoms with Crippen LogP contribution in [0, 0.1) is 5.82 Å². The van der Waals surface area contributed by atoms with E-state index in [0.29, 0.717) is 30.8 Å². The molecule has 0 aliphatic heterocycles. The Hall–Kier alpha value is -3.55. The number of hydrogen-bond acceptors (Lipinski definition) is 3. The molecule has 192 valence electrons. The molecule has 0 aliphatic rings. The Bertz CT molecular complexity index is 1170. The Morgan fingerprint density at radius 2 is 1.72 bits per heavy atom. The number of ether oxygens (including phenoxy) is 2. The van der Waals surface area contributed by atoms with Crippen molar-refractivity contribution in [2.24, 2.45) is 0 Å². The van der Waals surface area contributed by atoms with Crippen molar-refractivity contribution >= 4 is 5.97 Å². The first-order valence-corrected chi connectivity index (χ1v) is 11.7. The van der Waals surface area contributed by atoms with Crippen LogP contribution >= 0.6 is 0 Å². The summed E-state index contributed by atoms with van der Waals surface area (Å²) in [6, 6.07) is 14.0. The van der Waals surface area contributed by atoms with E-state index in [4.69, 9.17) is 14.6 Å². The van der Waals surface area contributed by atoms with Crippen molar-refractivity contribution in [3.63, 3.8) is 0 Å². The summed E-state index contributed by atoms with van der Waals surface area (Å²) in [4.78, 5) is 10.8. The van der Waals surface area contributed by atoms with Gasteiger partial charge < -0.3 is 14.6 Å². The Labute approximate surface area is 207 Å². The van der Waals surface area contributed by atoms with Crippen molar-refractivity contribution in [2.75, 3.05) is 6.61 Å². The topological polar surface area (TPSA) is 55.8 Å². The summed E-state index contributed by atoms with van der Waals surface area (Å²) in [5, 5.41) is 8.91. The number of aryl methyl sites for hydroxylation is 2. The van der Waals surface area contributed by atoms with Crippen molar-refractivity contribution in [3.8, 4) is 22.6 Å². The summed E-state index contributed by atoms with van der Waals surface area (Å²) >= 11 is 0.